The molecule has 0 aliphatic rings. The molecule has 3 heteroatoms. The van der Waals surface area contributed by atoms with Gasteiger partial charge < -0.3 is 9.84 Å². The Bertz CT molecular complexity index is 190. The molecule has 0 amide bonds. The average Bonchev–Trinajstić information content (AvgIpc) is 2.25. The van der Waals surface area contributed by atoms with Gasteiger partial charge in [-0.15, -0.1) is 0 Å². The van der Waals surface area contributed by atoms with Crippen LogP contribution in [0.25, 0.3) is 0 Å². The van der Waals surface area contributed by atoms with Gasteiger partial charge in [0.05, 0.1) is 0 Å². The summed E-state index contributed by atoms with van der Waals surface area (Å²) < 4.78 is 5.05. The second-order valence-electron chi connectivity index (χ2n) is 4.02. The number of hydrogen-bond acceptors (Lipinski definition) is 3. The summed E-state index contributed by atoms with van der Waals surface area (Å²) in [5.41, 5.74) is 0. The molecule has 0 unspecified atom stereocenters. The van der Waals surface area contributed by atoms with Gasteiger partial charge in [0.1, 0.15) is 6.10 Å². The van der Waals surface area contributed by atoms with E-state index in [1.54, 1.807) is 6.08 Å². The van der Waals surface area contributed by atoms with Crippen molar-refractivity contribution in [3.05, 3.63) is 12.7 Å². The van der Waals surface area contributed by atoms with E-state index >= 15 is 0 Å². The number of rotatable bonds is 10. The highest BCUT2D eigenvalue weighted by molar-refractivity contribution is 5.66. The first-order chi connectivity index (χ1) is 7.70. The third-order valence-electron chi connectivity index (χ3n) is 2.48. The minimum absolute atomic E-state index is 0.130. The smallest absolute Gasteiger partial charge is 0.303 e. The van der Waals surface area contributed by atoms with Crippen LogP contribution in [0.3, 0.4) is 0 Å². The van der Waals surface area contributed by atoms with Crippen molar-refractivity contribution < 1.29 is 14.6 Å². The molecule has 0 bridgehead atoms. The zero-order valence-electron chi connectivity index (χ0n) is 10.3. The van der Waals surface area contributed by atoms with Crippen molar-refractivity contribution in [1.29, 1.82) is 0 Å². The van der Waals surface area contributed by atoms with Crippen molar-refractivity contribution in [2.24, 2.45) is 0 Å². The number of unbranched alkanes of at least 4 members (excludes halogenated alkanes) is 5. The fourth-order valence-corrected chi connectivity index (χ4v) is 1.60. The van der Waals surface area contributed by atoms with Gasteiger partial charge in [0.2, 0.25) is 0 Å². The molecule has 3 nitrogen and oxygen atoms in total. The van der Waals surface area contributed by atoms with Crippen molar-refractivity contribution in [3.8, 4) is 0 Å². The molecule has 0 aromatic heterocycles. The van der Waals surface area contributed by atoms with Gasteiger partial charge in [0.15, 0.2) is 0 Å². The minimum Gasteiger partial charge on any atom is -0.458 e. The third-order valence-corrected chi connectivity index (χ3v) is 2.48. The molecule has 0 heterocycles. The lowest BCUT2D eigenvalue weighted by Crippen LogP contribution is -2.13. The van der Waals surface area contributed by atoms with Gasteiger partial charge in [-0.25, -0.2) is 0 Å². The average molecular weight is 228 g/mol. The number of aliphatic hydroxyl groups excluding tert-OH is 1. The fourth-order valence-electron chi connectivity index (χ4n) is 1.60. The summed E-state index contributed by atoms with van der Waals surface area (Å²) in [6, 6.07) is 0. The lowest BCUT2D eigenvalue weighted by molar-refractivity contribution is -0.144. The van der Waals surface area contributed by atoms with Crippen LogP contribution in [0.1, 0.15) is 51.9 Å². The molecule has 16 heavy (non-hydrogen) atoms. The Morgan fingerprint density at radius 2 is 1.81 bits per heavy atom. The second kappa shape index (κ2) is 10.7. The molecule has 0 fully saturated rings. The lowest BCUT2D eigenvalue weighted by atomic mass is 10.1. The van der Waals surface area contributed by atoms with Crippen LogP contribution in [0.4, 0.5) is 0 Å². The molecule has 0 rings (SSSR count). The van der Waals surface area contributed by atoms with Gasteiger partial charge in [-0.2, -0.15) is 0 Å². The molecule has 0 spiro atoms. The number of carbonyl (C=O) groups is 1. The third kappa shape index (κ3) is 9.71. The Kier molecular flexibility index (Phi) is 10.1. The maximum atomic E-state index is 10.7. The standard InChI is InChI=1S/C13H24O3/c1-3-13(16-12(2)15)10-8-6-4-5-7-9-11-14/h3,13-14H,1,4-11H2,2H3/t13-/m0/s1. The van der Waals surface area contributed by atoms with E-state index in [4.69, 9.17) is 9.84 Å². The van der Waals surface area contributed by atoms with Crippen LogP contribution in [-0.4, -0.2) is 23.8 Å². The number of aliphatic hydroxyl groups is 1. The summed E-state index contributed by atoms with van der Waals surface area (Å²) in [4.78, 5) is 10.7. The van der Waals surface area contributed by atoms with Crippen LogP contribution in [0.2, 0.25) is 0 Å². The maximum Gasteiger partial charge on any atom is 0.303 e. The summed E-state index contributed by atoms with van der Waals surface area (Å²) in [7, 11) is 0. The monoisotopic (exact) mass is 228 g/mol. The van der Waals surface area contributed by atoms with Crippen LogP contribution in [0, 0.1) is 0 Å². The van der Waals surface area contributed by atoms with Crippen LogP contribution in [0.5, 0.6) is 0 Å². The highest BCUT2D eigenvalue weighted by Gasteiger charge is 2.06. The molecule has 0 aliphatic heterocycles. The van der Waals surface area contributed by atoms with Crippen molar-refractivity contribution >= 4 is 5.97 Å². The van der Waals surface area contributed by atoms with Crippen molar-refractivity contribution in [1.82, 2.24) is 0 Å². The Balaban J connectivity index is 3.34. The number of carbonyl (C=O) groups excluding carboxylic acids is 1. The molecule has 0 aromatic rings. The van der Waals surface area contributed by atoms with Gasteiger partial charge in [-0.3, -0.25) is 4.79 Å². The van der Waals surface area contributed by atoms with Gasteiger partial charge >= 0.3 is 5.97 Å². The minimum atomic E-state index is -0.243. The molecule has 0 radical (unpaired) electrons. The van der Waals surface area contributed by atoms with Crippen LogP contribution < -0.4 is 0 Å². The van der Waals surface area contributed by atoms with Crippen LogP contribution in [0.15, 0.2) is 12.7 Å². The predicted octanol–water partition coefficient (Wildman–Crippen LogP) is 2.83. The topological polar surface area (TPSA) is 46.5 Å². The summed E-state index contributed by atoms with van der Waals surface area (Å²) >= 11 is 0. The van der Waals surface area contributed by atoms with Crippen molar-refractivity contribution in [2.75, 3.05) is 6.61 Å². The van der Waals surface area contributed by atoms with E-state index in [-0.39, 0.29) is 12.1 Å². The lowest BCUT2D eigenvalue weighted by Gasteiger charge is -2.12. The molecule has 0 aliphatic carbocycles. The SMILES string of the molecule is C=C[C@@H](CCCCCCCCO)OC(C)=O. The molecule has 0 aromatic carbocycles. The largest absolute Gasteiger partial charge is 0.458 e. The van der Waals surface area contributed by atoms with Crippen molar-refractivity contribution in [3.63, 3.8) is 0 Å². The molecule has 94 valence electrons. The van der Waals surface area contributed by atoms with E-state index < -0.39 is 0 Å². The molecule has 0 saturated carbocycles. The molecular weight excluding hydrogens is 204 g/mol. The first-order valence-electron chi connectivity index (χ1n) is 6.11. The van der Waals surface area contributed by atoms with Crippen LogP contribution in [-0.2, 0) is 9.53 Å². The summed E-state index contributed by atoms with van der Waals surface area (Å²) in [6.45, 7) is 5.37. The fraction of sp³-hybridized carbons (Fsp3) is 0.769. The Labute approximate surface area is 98.5 Å². The second-order valence-corrected chi connectivity index (χ2v) is 4.02. The van der Waals surface area contributed by atoms with Gasteiger partial charge in [0, 0.05) is 13.5 Å². The van der Waals surface area contributed by atoms with E-state index in [2.05, 4.69) is 6.58 Å². The van der Waals surface area contributed by atoms with Gasteiger partial charge in [-0.1, -0.05) is 38.3 Å². The maximum absolute atomic E-state index is 10.7. The number of esters is 1. The van der Waals surface area contributed by atoms with E-state index in [0.29, 0.717) is 6.61 Å². The number of ether oxygens (including phenoxy) is 1. The normalized spacial score (nSPS) is 12.1. The Morgan fingerprint density at radius 3 is 2.31 bits per heavy atom. The molecule has 1 atom stereocenters. The van der Waals surface area contributed by atoms with E-state index in [1.807, 2.05) is 0 Å². The molecular formula is C13H24O3. The first kappa shape index (κ1) is 15.2. The van der Waals surface area contributed by atoms with Gasteiger partial charge in [-0.05, 0) is 19.3 Å². The van der Waals surface area contributed by atoms with Crippen LogP contribution >= 0.6 is 0 Å². The predicted molar refractivity (Wildman–Crippen MR) is 65.2 cm³/mol. The zero-order chi connectivity index (χ0) is 12.2. The highest BCUT2D eigenvalue weighted by atomic mass is 16.5. The van der Waals surface area contributed by atoms with E-state index in [0.717, 1.165) is 32.1 Å². The number of hydrogen-bond donors (Lipinski definition) is 1. The summed E-state index contributed by atoms with van der Waals surface area (Å²) in [5.74, 6) is -0.243. The summed E-state index contributed by atoms with van der Waals surface area (Å²) in [6.07, 6.45) is 9.00. The molecule has 1 N–H and O–H groups in total. The quantitative estimate of drug-likeness (QED) is 0.355. The molecule has 0 saturated heterocycles. The van der Waals surface area contributed by atoms with E-state index in [1.165, 1.54) is 19.8 Å². The highest BCUT2D eigenvalue weighted by Crippen LogP contribution is 2.11. The summed E-state index contributed by atoms with van der Waals surface area (Å²) in [5, 5.41) is 8.60. The Hall–Kier alpha value is -0.830. The first-order valence-corrected chi connectivity index (χ1v) is 6.11. The van der Waals surface area contributed by atoms with Crippen molar-refractivity contribution in [2.45, 2.75) is 58.0 Å². The Morgan fingerprint density at radius 1 is 1.25 bits per heavy atom. The van der Waals surface area contributed by atoms with E-state index in [9.17, 15) is 4.79 Å². The zero-order valence-corrected chi connectivity index (χ0v) is 10.3. The van der Waals surface area contributed by atoms with Gasteiger partial charge in [0.25, 0.3) is 0 Å².